The van der Waals surface area contributed by atoms with Crippen molar-refractivity contribution < 1.29 is 0 Å². The lowest BCUT2D eigenvalue weighted by Gasteiger charge is -2.26. The van der Waals surface area contributed by atoms with Gasteiger partial charge in [0.05, 0.1) is 0 Å². The second-order valence-electron chi connectivity index (χ2n) is 7.05. The lowest BCUT2D eigenvalue weighted by Crippen LogP contribution is -2.42. The topological polar surface area (TPSA) is 67.1 Å². The number of nitrogens with one attached hydrogen (secondary N) is 2. The quantitative estimate of drug-likeness (QED) is 0.548. The zero-order chi connectivity index (χ0) is 19.0. The fourth-order valence-electron chi connectivity index (χ4n) is 2.74. The molecule has 2 rings (SSSR count). The Balaban J connectivity index is 1.96. The molecule has 0 amide bonds. The monoisotopic (exact) mass is 376 g/mol. The van der Waals surface area contributed by atoms with E-state index >= 15 is 0 Å². The van der Waals surface area contributed by atoms with Crippen molar-refractivity contribution in [2.45, 2.75) is 47.2 Å². The van der Waals surface area contributed by atoms with Crippen LogP contribution in [0, 0.1) is 5.41 Å². The Bertz CT molecular complexity index is 722. The summed E-state index contributed by atoms with van der Waals surface area (Å²) in [5, 5.41) is 15.6. The molecule has 0 fully saturated rings. The number of hydrogen-bond acceptors (Lipinski definition) is 3. The summed E-state index contributed by atoms with van der Waals surface area (Å²) >= 11 is 6.10. The highest BCUT2D eigenvalue weighted by atomic mass is 35.5. The predicted molar refractivity (Wildman–Crippen MR) is 107 cm³/mol. The molecule has 0 spiro atoms. The number of hydrogen-bond donors (Lipinski definition) is 2. The van der Waals surface area contributed by atoms with E-state index in [-0.39, 0.29) is 5.41 Å². The van der Waals surface area contributed by atoms with Crippen LogP contribution in [0.25, 0.3) is 0 Å². The molecule has 7 heteroatoms. The van der Waals surface area contributed by atoms with Crippen LogP contribution in [-0.4, -0.2) is 33.8 Å². The molecule has 0 aliphatic rings. The number of rotatable bonds is 8. The van der Waals surface area contributed by atoms with Crippen molar-refractivity contribution in [2.24, 2.45) is 10.4 Å². The molecule has 1 heterocycles. The second-order valence-corrected chi connectivity index (χ2v) is 7.49. The molecule has 6 nitrogen and oxygen atoms in total. The summed E-state index contributed by atoms with van der Waals surface area (Å²) in [4.78, 5) is 4.64. The van der Waals surface area contributed by atoms with Crippen molar-refractivity contribution in [3.8, 4) is 0 Å². The molecule has 0 atom stereocenters. The number of aliphatic imine (C=N–C) groups is 1. The number of benzene rings is 1. The highest BCUT2D eigenvalue weighted by Gasteiger charge is 2.19. The average Bonchev–Trinajstić information content (AvgIpc) is 3.04. The lowest BCUT2D eigenvalue weighted by molar-refractivity contribution is 0.359. The first-order chi connectivity index (χ1) is 12.4. The van der Waals surface area contributed by atoms with Gasteiger partial charge in [0.15, 0.2) is 11.8 Å². The minimum atomic E-state index is 0.0598. The van der Waals surface area contributed by atoms with E-state index in [9.17, 15) is 0 Å². The van der Waals surface area contributed by atoms with E-state index in [1.807, 2.05) is 22.8 Å². The largest absolute Gasteiger partial charge is 0.357 e. The number of aryl methyl sites for hydroxylation is 1. The zero-order valence-electron chi connectivity index (χ0n) is 16.1. The Kier molecular flexibility index (Phi) is 7.45. The average molecular weight is 377 g/mol. The fourth-order valence-corrected chi connectivity index (χ4v) is 2.95. The minimum Gasteiger partial charge on any atom is -0.357 e. The molecule has 2 N–H and O–H groups in total. The summed E-state index contributed by atoms with van der Waals surface area (Å²) in [6.45, 7) is 11.5. The summed E-state index contributed by atoms with van der Waals surface area (Å²) in [7, 11) is 0. The van der Waals surface area contributed by atoms with Crippen molar-refractivity contribution in [1.29, 1.82) is 0 Å². The van der Waals surface area contributed by atoms with E-state index in [0.29, 0.717) is 6.54 Å². The van der Waals surface area contributed by atoms with Gasteiger partial charge < -0.3 is 15.2 Å². The van der Waals surface area contributed by atoms with E-state index in [4.69, 9.17) is 11.6 Å². The summed E-state index contributed by atoms with van der Waals surface area (Å²) in [6, 6.07) is 8.04. The SMILES string of the molecule is CCNC(=NCc1nncn1CC)NCC(C)(C)Cc1cccc(Cl)c1. The van der Waals surface area contributed by atoms with E-state index in [1.54, 1.807) is 6.33 Å². The van der Waals surface area contributed by atoms with Crippen molar-refractivity contribution in [3.63, 3.8) is 0 Å². The number of nitrogens with zero attached hydrogens (tertiary/aromatic N) is 4. The predicted octanol–water partition coefficient (Wildman–Crippen LogP) is 3.28. The molecule has 2 aromatic rings. The highest BCUT2D eigenvalue weighted by Crippen LogP contribution is 2.22. The Morgan fingerprint density at radius 2 is 2.08 bits per heavy atom. The Morgan fingerprint density at radius 3 is 2.77 bits per heavy atom. The summed E-state index contributed by atoms with van der Waals surface area (Å²) in [5.74, 6) is 1.65. The van der Waals surface area contributed by atoms with Crippen molar-refractivity contribution >= 4 is 17.6 Å². The molecule has 1 aromatic carbocycles. The minimum absolute atomic E-state index is 0.0598. The molecular formula is C19H29ClN6. The van der Waals surface area contributed by atoms with Crippen LogP contribution in [0.2, 0.25) is 5.02 Å². The van der Waals surface area contributed by atoms with Gasteiger partial charge in [-0.25, -0.2) is 4.99 Å². The van der Waals surface area contributed by atoms with Crippen LogP contribution in [0.15, 0.2) is 35.6 Å². The van der Waals surface area contributed by atoms with Gasteiger partial charge in [-0.15, -0.1) is 10.2 Å². The molecule has 1 aromatic heterocycles. The molecule has 0 unspecified atom stereocenters. The number of halogens is 1. The van der Waals surface area contributed by atoms with Gasteiger partial charge in [0.2, 0.25) is 0 Å². The van der Waals surface area contributed by atoms with Crippen LogP contribution in [0.3, 0.4) is 0 Å². The van der Waals surface area contributed by atoms with Gasteiger partial charge in [0.1, 0.15) is 12.9 Å². The molecule has 0 aliphatic carbocycles. The van der Waals surface area contributed by atoms with Crippen LogP contribution in [-0.2, 0) is 19.5 Å². The third-order valence-corrected chi connectivity index (χ3v) is 4.30. The first-order valence-corrected chi connectivity index (χ1v) is 9.44. The smallest absolute Gasteiger partial charge is 0.191 e. The number of guanidine groups is 1. The van der Waals surface area contributed by atoms with Crippen LogP contribution in [0.5, 0.6) is 0 Å². The van der Waals surface area contributed by atoms with E-state index in [1.165, 1.54) is 5.56 Å². The zero-order valence-corrected chi connectivity index (χ0v) is 16.8. The first-order valence-electron chi connectivity index (χ1n) is 9.07. The van der Waals surface area contributed by atoms with Gasteiger partial charge in [0, 0.05) is 24.7 Å². The molecule has 0 radical (unpaired) electrons. The van der Waals surface area contributed by atoms with E-state index in [0.717, 1.165) is 42.9 Å². The van der Waals surface area contributed by atoms with Crippen molar-refractivity contribution in [3.05, 3.63) is 47.0 Å². The van der Waals surface area contributed by atoms with Gasteiger partial charge in [-0.1, -0.05) is 37.6 Å². The fraction of sp³-hybridized carbons (Fsp3) is 0.526. The van der Waals surface area contributed by atoms with Gasteiger partial charge >= 0.3 is 0 Å². The third-order valence-electron chi connectivity index (χ3n) is 4.07. The van der Waals surface area contributed by atoms with Crippen molar-refractivity contribution in [2.75, 3.05) is 13.1 Å². The molecule has 0 saturated carbocycles. The first kappa shape index (κ1) is 20.2. The summed E-state index contributed by atoms with van der Waals surface area (Å²) in [5.41, 5.74) is 1.30. The maximum absolute atomic E-state index is 6.10. The van der Waals surface area contributed by atoms with Crippen LogP contribution >= 0.6 is 11.6 Å². The number of aromatic nitrogens is 3. The van der Waals surface area contributed by atoms with Crippen molar-refractivity contribution in [1.82, 2.24) is 25.4 Å². The Morgan fingerprint density at radius 1 is 1.27 bits per heavy atom. The van der Waals surface area contributed by atoms with Crippen LogP contribution in [0.1, 0.15) is 39.1 Å². The highest BCUT2D eigenvalue weighted by molar-refractivity contribution is 6.30. The molecule has 0 saturated heterocycles. The third kappa shape index (κ3) is 6.33. The molecule has 0 aliphatic heterocycles. The normalized spacial score (nSPS) is 12.3. The Labute approximate surface area is 161 Å². The Hall–Kier alpha value is -2.08. The van der Waals surface area contributed by atoms with Crippen LogP contribution in [0.4, 0.5) is 0 Å². The van der Waals surface area contributed by atoms with E-state index < -0.39 is 0 Å². The maximum Gasteiger partial charge on any atom is 0.191 e. The molecule has 0 bridgehead atoms. The van der Waals surface area contributed by atoms with Gasteiger partial charge in [-0.05, 0) is 43.4 Å². The van der Waals surface area contributed by atoms with E-state index in [2.05, 4.69) is 59.6 Å². The maximum atomic E-state index is 6.10. The second kappa shape index (κ2) is 9.57. The van der Waals surface area contributed by atoms with Gasteiger partial charge in [-0.2, -0.15) is 0 Å². The standard InChI is InChI=1S/C19H29ClN6/c1-5-21-18(22-12-17-25-24-14-26(17)6-2)23-13-19(3,4)11-15-8-7-9-16(20)10-15/h7-10,14H,5-6,11-13H2,1-4H3,(H2,21,22,23). The molecular weight excluding hydrogens is 348 g/mol. The van der Waals surface area contributed by atoms with Crippen LogP contribution < -0.4 is 10.6 Å². The summed E-state index contributed by atoms with van der Waals surface area (Å²) < 4.78 is 2.00. The van der Waals surface area contributed by atoms with Gasteiger partial charge in [-0.3, -0.25) is 0 Å². The van der Waals surface area contributed by atoms with Gasteiger partial charge in [0.25, 0.3) is 0 Å². The lowest BCUT2D eigenvalue weighted by atomic mass is 9.86. The molecule has 142 valence electrons. The molecule has 26 heavy (non-hydrogen) atoms. The summed E-state index contributed by atoms with van der Waals surface area (Å²) in [6.07, 6.45) is 2.67.